The van der Waals surface area contributed by atoms with Crippen molar-refractivity contribution < 1.29 is 32.7 Å². The molecule has 1 aromatic carbocycles. The van der Waals surface area contributed by atoms with Gasteiger partial charge < -0.3 is 22.6 Å². The zero-order chi connectivity index (χ0) is 14.3. The molecule has 0 saturated heterocycles. The minimum absolute atomic E-state index is 0. The van der Waals surface area contributed by atoms with Crippen LogP contribution in [0.2, 0.25) is 0 Å². The summed E-state index contributed by atoms with van der Waals surface area (Å²) in [4.78, 5) is 11.2. The van der Waals surface area contributed by atoms with Gasteiger partial charge >= 0.3 is 0 Å². The summed E-state index contributed by atoms with van der Waals surface area (Å²) < 4.78 is 0. The van der Waals surface area contributed by atoms with E-state index in [2.05, 4.69) is 38.0 Å². The van der Waals surface area contributed by atoms with E-state index in [1.807, 2.05) is 19.0 Å². The largest absolute Gasteiger partial charge is 0.468 e. The van der Waals surface area contributed by atoms with E-state index in [1.54, 1.807) is 7.05 Å². The van der Waals surface area contributed by atoms with Gasteiger partial charge in [-0.05, 0) is 55.8 Å². The first-order chi connectivity index (χ1) is 8.88. The topological polar surface area (TPSA) is 43.1 Å². The molecule has 0 atom stereocenters. The van der Waals surface area contributed by atoms with Crippen molar-refractivity contribution in [1.82, 2.24) is 9.97 Å². The molecule has 113 valence electrons. The molecule has 4 nitrogen and oxygen atoms in total. The van der Waals surface area contributed by atoms with Gasteiger partial charge in [0.15, 0.2) is 0 Å². The average Bonchev–Trinajstić information content (AvgIpc) is 2.41. The van der Waals surface area contributed by atoms with E-state index in [9.17, 15) is 0 Å². The van der Waals surface area contributed by atoms with Crippen LogP contribution < -0.4 is 4.90 Å². The second-order valence-corrected chi connectivity index (χ2v) is 5.19. The maximum Gasteiger partial charge on any atom is 0.119 e. The molecular weight excluding hydrogens is 337 g/mol. The summed E-state index contributed by atoms with van der Waals surface area (Å²) in [5.41, 5.74) is 6.06. The Balaban J connectivity index is 0.00000200. The fourth-order valence-electron chi connectivity index (χ4n) is 2.34. The Labute approximate surface area is 153 Å². The molecule has 0 aliphatic rings. The van der Waals surface area contributed by atoms with Crippen molar-refractivity contribution in [2.24, 2.45) is 0 Å². The van der Waals surface area contributed by atoms with E-state index in [0.717, 1.165) is 16.7 Å². The number of hydrogen-bond donors (Lipinski definition) is 0. The molecule has 1 heterocycles. The first-order valence-corrected chi connectivity index (χ1v) is 6.43. The monoisotopic (exact) mass is 361 g/mol. The van der Waals surface area contributed by atoms with Crippen LogP contribution in [0.4, 0.5) is 11.8 Å². The van der Waals surface area contributed by atoms with Gasteiger partial charge in [-0.15, -0.1) is 0 Å². The quantitative estimate of drug-likeness (QED) is 0.759. The first kappa shape index (κ1) is 20.3. The molecule has 0 N–H and O–H groups in total. The normalized spacial score (nSPS) is 9.86. The van der Waals surface area contributed by atoms with Gasteiger partial charge in [-0.1, -0.05) is 7.05 Å². The Morgan fingerprint density at radius 2 is 1.38 bits per heavy atom. The summed E-state index contributed by atoms with van der Waals surface area (Å²) in [6.45, 7) is 8.54. The number of rotatable bonds is 2. The molecule has 2 aromatic rings. The van der Waals surface area contributed by atoms with Crippen LogP contribution in [0.3, 0.4) is 0 Å². The zero-order valence-electron chi connectivity index (χ0n) is 14.4. The van der Waals surface area contributed by atoms with Crippen LogP contribution in [0, 0.1) is 35.1 Å². The number of aryl methyl sites for hydroxylation is 2. The molecule has 1 radical (unpaired) electrons. The molecule has 0 unspecified atom stereocenters. The summed E-state index contributed by atoms with van der Waals surface area (Å²) >= 11 is 0. The molecule has 0 amide bonds. The number of fused-ring (bicyclic) bond motifs is 1. The molecule has 5 heteroatoms. The van der Waals surface area contributed by atoms with E-state index >= 15 is 0 Å². The van der Waals surface area contributed by atoms with Crippen LogP contribution in [0.25, 0.3) is 16.2 Å². The van der Waals surface area contributed by atoms with Crippen molar-refractivity contribution in [3.05, 3.63) is 35.0 Å². The number of hydrogen-bond acceptors (Lipinski definition) is 3. The van der Waals surface area contributed by atoms with E-state index in [0.29, 0.717) is 5.95 Å². The third-order valence-electron chi connectivity index (χ3n) is 3.91. The predicted molar refractivity (Wildman–Crippen MR) is 88.2 cm³/mol. The van der Waals surface area contributed by atoms with E-state index < -0.39 is 0 Å². The maximum absolute atomic E-state index is 4.70. The SMILES string of the molecule is C[N-]c1nc(N(C)C)nc2c(C)c(C)c(C)c(C)c12.[CH3-].[Y]. The molecule has 0 aliphatic carbocycles. The summed E-state index contributed by atoms with van der Waals surface area (Å²) in [5, 5.41) is 5.41. The minimum atomic E-state index is 0. The summed E-state index contributed by atoms with van der Waals surface area (Å²) in [5.74, 6) is 1.48. The van der Waals surface area contributed by atoms with Crippen molar-refractivity contribution in [2.45, 2.75) is 27.7 Å². The van der Waals surface area contributed by atoms with Crippen LogP contribution in [-0.2, 0) is 32.7 Å². The Kier molecular flexibility index (Phi) is 7.24. The van der Waals surface area contributed by atoms with Crippen LogP contribution in [0.15, 0.2) is 0 Å². The minimum Gasteiger partial charge on any atom is -0.468 e. The van der Waals surface area contributed by atoms with E-state index in [4.69, 9.17) is 4.98 Å². The van der Waals surface area contributed by atoms with Gasteiger partial charge in [-0.3, -0.25) is 0 Å². The summed E-state index contributed by atoms with van der Waals surface area (Å²) in [7, 11) is 5.68. The number of benzene rings is 1. The molecule has 0 fully saturated rings. The number of aromatic nitrogens is 2. The van der Waals surface area contributed by atoms with Gasteiger partial charge in [0.25, 0.3) is 0 Å². The molecule has 0 saturated carbocycles. The average molecular weight is 361 g/mol. The third-order valence-corrected chi connectivity index (χ3v) is 3.91. The predicted octanol–water partition coefficient (Wildman–Crippen LogP) is 4.01. The molecule has 0 aliphatic heterocycles. The Bertz CT molecular complexity index is 651. The van der Waals surface area contributed by atoms with Crippen LogP contribution in [-0.4, -0.2) is 31.1 Å². The van der Waals surface area contributed by atoms with Crippen LogP contribution in [0.1, 0.15) is 22.3 Å². The molecule has 21 heavy (non-hydrogen) atoms. The summed E-state index contributed by atoms with van der Waals surface area (Å²) in [6, 6.07) is 0. The van der Waals surface area contributed by atoms with Gasteiger partial charge in [0.2, 0.25) is 0 Å². The molecule has 0 bridgehead atoms. The number of anilines is 1. The third kappa shape index (κ3) is 3.37. The Hall–Kier alpha value is -0.736. The van der Waals surface area contributed by atoms with Gasteiger partial charge in [-0.2, -0.15) is 0 Å². The molecule has 0 spiro atoms. The van der Waals surface area contributed by atoms with Gasteiger partial charge in [0, 0.05) is 52.2 Å². The second-order valence-electron chi connectivity index (χ2n) is 5.19. The van der Waals surface area contributed by atoms with Crippen molar-refractivity contribution in [3.63, 3.8) is 0 Å². The zero-order valence-corrected chi connectivity index (χ0v) is 17.2. The van der Waals surface area contributed by atoms with Crippen molar-refractivity contribution in [3.8, 4) is 0 Å². The molecular formula is C16H24N4Y-2. The Morgan fingerprint density at radius 1 is 0.857 bits per heavy atom. The van der Waals surface area contributed by atoms with Gasteiger partial charge in [0.1, 0.15) is 5.95 Å². The smallest absolute Gasteiger partial charge is 0.119 e. The molecule has 2 rings (SSSR count). The van der Waals surface area contributed by atoms with Gasteiger partial charge in [0.05, 0.1) is 5.52 Å². The van der Waals surface area contributed by atoms with Crippen molar-refractivity contribution in [2.75, 3.05) is 26.0 Å². The van der Waals surface area contributed by atoms with Crippen molar-refractivity contribution >= 4 is 22.7 Å². The Morgan fingerprint density at radius 3 is 1.86 bits per heavy atom. The van der Waals surface area contributed by atoms with Crippen molar-refractivity contribution in [1.29, 1.82) is 0 Å². The van der Waals surface area contributed by atoms with E-state index in [1.165, 1.54) is 22.3 Å². The maximum atomic E-state index is 4.70. The molecule has 1 aromatic heterocycles. The van der Waals surface area contributed by atoms with Crippen LogP contribution >= 0.6 is 0 Å². The van der Waals surface area contributed by atoms with Gasteiger partial charge in [-0.25, -0.2) is 4.98 Å². The number of nitrogens with zero attached hydrogens (tertiary/aromatic N) is 4. The fraction of sp³-hybridized carbons (Fsp3) is 0.438. The van der Waals surface area contributed by atoms with E-state index in [-0.39, 0.29) is 40.1 Å². The first-order valence-electron chi connectivity index (χ1n) is 6.43. The second kappa shape index (κ2) is 7.50. The fourth-order valence-corrected chi connectivity index (χ4v) is 2.34. The summed E-state index contributed by atoms with van der Waals surface area (Å²) in [6.07, 6.45) is 0. The standard InChI is InChI=1S/C15H21N4.CH3.Y/c1-8-9(2)11(4)13-12(10(8)3)14(16-5)18-15(17-13)19(6)7;;/h1-7H3;1H3;/q2*-1;. The van der Waals surface area contributed by atoms with Crippen LogP contribution in [0.5, 0.6) is 0 Å².